The first-order valence-electron chi connectivity index (χ1n) is 4.53. The Labute approximate surface area is 91.6 Å². The van der Waals surface area contributed by atoms with Gasteiger partial charge >= 0.3 is 5.97 Å². The molecule has 0 aliphatic heterocycles. The van der Waals surface area contributed by atoms with E-state index in [9.17, 15) is 9.59 Å². The van der Waals surface area contributed by atoms with Crippen LogP contribution in [0.15, 0.2) is 11.6 Å². The zero-order valence-corrected chi connectivity index (χ0v) is 9.83. The van der Waals surface area contributed by atoms with Gasteiger partial charge in [0.05, 0.1) is 10.9 Å². The van der Waals surface area contributed by atoms with Gasteiger partial charge in [0, 0.05) is 12.0 Å². The van der Waals surface area contributed by atoms with E-state index in [2.05, 4.69) is 15.9 Å². The molecule has 78 valence electrons. The van der Waals surface area contributed by atoms with E-state index in [1.165, 1.54) is 6.08 Å². The molecule has 2 atom stereocenters. The highest BCUT2D eigenvalue weighted by molar-refractivity contribution is 9.10. The molecule has 0 spiro atoms. The van der Waals surface area contributed by atoms with Gasteiger partial charge in [-0.3, -0.25) is 0 Å². The molecule has 1 saturated carbocycles. The fraction of sp³-hybridized carbons (Fsp3) is 0.600. The topological polar surface area (TPSA) is 43.4 Å². The van der Waals surface area contributed by atoms with Gasteiger partial charge < -0.3 is 9.53 Å². The molecule has 14 heavy (non-hydrogen) atoms. The second-order valence-electron chi connectivity index (χ2n) is 3.44. The maximum absolute atomic E-state index is 11.1. The molecule has 0 heterocycles. The van der Waals surface area contributed by atoms with Crippen LogP contribution in [0.1, 0.15) is 20.3 Å². The Bertz CT molecular complexity index is 285. The molecule has 0 aromatic rings. The van der Waals surface area contributed by atoms with Crippen LogP contribution in [0.25, 0.3) is 0 Å². The summed E-state index contributed by atoms with van der Waals surface area (Å²) in [6, 6.07) is 0. The molecule has 1 aliphatic rings. The number of hydrogen-bond acceptors (Lipinski definition) is 3. The SMILES string of the molecule is CCOC(=O)/C=C(/C)[C@@H]1C[C@]1(Br)C=O. The van der Waals surface area contributed by atoms with Crippen LogP contribution in [-0.2, 0) is 14.3 Å². The highest BCUT2D eigenvalue weighted by atomic mass is 79.9. The zero-order chi connectivity index (χ0) is 10.8. The Morgan fingerprint density at radius 2 is 2.36 bits per heavy atom. The molecule has 0 aromatic heterocycles. The number of carbonyl (C=O) groups excluding carboxylic acids is 2. The fourth-order valence-corrected chi connectivity index (χ4v) is 2.08. The summed E-state index contributed by atoms with van der Waals surface area (Å²) < 4.78 is 4.34. The van der Waals surface area contributed by atoms with Crippen molar-refractivity contribution >= 4 is 28.2 Å². The number of carbonyl (C=O) groups is 2. The van der Waals surface area contributed by atoms with Gasteiger partial charge in [-0.2, -0.15) is 0 Å². The number of hydrogen-bond donors (Lipinski definition) is 0. The standard InChI is InChI=1S/C10H13BrO3/c1-3-14-9(13)4-7(2)8-5-10(8,11)6-12/h4,6,8H,3,5H2,1-2H3/b7-4-/t8-,10-/m0/s1. The molecule has 0 saturated heterocycles. The van der Waals surface area contributed by atoms with Crippen molar-refractivity contribution < 1.29 is 14.3 Å². The molecule has 4 heteroatoms. The van der Waals surface area contributed by atoms with E-state index in [4.69, 9.17) is 4.74 Å². The summed E-state index contributed by atoms with van der Waals surface area (Å²) in [6.07, 6.45) is 3.11. The van der Waals surface area contributed by atoms with Crippen molar-refractivity contribution in [2.24, 2.45) is 5.92 Å². The lowest BCUT2D eigenvalue weighted by Crippen LogP contribution is -2.06. The Morgan fingerprint density at radius 1 is 1.71 bits per heavy atom. The summed E-state index contributed by atoms with van der Waals surface area (Å²) in [4.78, 5) is 21.7. The average Bonchev–Trinajstić information content (AvgIpc) is 2.79. The van der Waals surface area contributed by atoms with E-state index in [1.807, 2.05) is 6.92 Å². The van der Waals surface area contributed by atoms with Gasteiger partial charge in [0.2, 0.25) is 0 Å². The third kappa shape index (κ3) is 2.44. The van der Waals surface area contributed by atoms with Crippen molar-refractivity contribution in [3.05, 3.63) is 11.6 Å². The first-order valence-corrected chi connectivity index (χ1v) is 5.33. The number of rotatable bonds is 4. The van der Waals surface area contributed by atoms with Crippen molar-refractivity contribution in [2.75, 3.05) is 6.61 Å². The van der Waals surface area contributed by atoms with E-state index in [1.54, 1.807) is 6.92 Å². The number of ether oxygens (including phenoxy) is 1. The number of allylic oxidation sites excluding steroid dienone is 1. The Balaban J connectivity index is 2.55. The first-order chi connectivity index (χ1) is 6.53. The lowest BCUT2D eigenvalue weighted by Gasteiger charge is -2.01. The van der Waals surface area contributed by atoms with Crippen LogP contribution in [0, 0.1) is 5.92 Å². The average molecular weight is 261 g/mol. The van der Waals surface area contributed by atoms with Crippen LogP contribution < -0.4 is 0 Å². The molecule has 0 bridgehead atoms. The number of halogens is 1. The van der Waals surface area contributed by atoms with Crippen molar-refractivity contribution in [3.63, 3.8) is 0 Å². The Hall–Kier alpha value is -0.640. The van der Waals surface area contributed by atoms with Gasteiger partial charge in [-0.05, 0) is 20.3 Å². The Morgan fingerprint density at radius 3 is 2.79 bits per heavy atom. The molecular weight excluding hydrogens is 248 g/mol. The van der Waals surface area contributed by atoms with Crippen LogP contribution in [0.5, 0.6) is 0 Å². The molecule has 0 amide bonds. The van der Waals surface area contributed by atoms with Gasteiger partial charge in [-0.25, -0.2) is 4.79 Å². The summed E-state index contributed by atoms with van der Waals surface area (Å²) in [5.41, 5.74) is 0.896. The van der Waals surface area contributed by atoms with E-state index < -0.39 is 4.32 Å². The normalized spacial score (nSPS) is 31.1. The molecule has 1 aliphatic carbocycles. The number of aldehydes is 1. The van der Waals surface area contributed by atoms with Crippen molar-refractivity contribution in [3.8, 4) is 0 Å². The van der Waals surface area contributed by atoms with E-state index in [-0.39, 0.29) is 11.9 Å². The van der Waals surface area contributed by atoms with E-state index in [0.29, 0.717) is 6.61 Å². The highest BCUT2D eigenvalue weighted by Crippen LogP contribution is 2.53. The predicted octanol–water partition coefficient (Wildman–Crippen LogP) is 1.85. The summed E-state index contributed by atoms with van der Waals surface area (Å²) in [5, 5.41) is 0. The van der Waals surface area contributed by atoms with E-state index >= 15 is 0 Å². The minimum Gasteiger partial charge on any atom is -0.463 e. The predicted molar refractivity (Wildman–Crippen MR) is 56.2 cm³/mol. The highest BCUT2D eigenvalue weighted by Gasteiger charge is 2.53. The van der Waals surface area contributed by atoms with Gasteiger partial charge in [0.15, 0.2) is 0 Å². The molecule has 0 N–H and O–H groups in total. The minimum atomic E-state index is -0.430. The number of alkyl halides is 1. The quantitative estimate of drug-likeness (QED) is 0.335. The van der Waals surface area contributed by atoms with Crippen LogP contribution in [0.2, 0.25) is 0 Å². The molecule has 1 rings (SSSR count). The van der Waals surface area contributed by atoms with Gasteiger partial charge in [0.25, 0.3) is 0 Å². The van der Waals surface area contributed by atoms with Gasteiger partial charge in [-0.1, -0.05) is 21.5 Å². The molecule has 0 unspecified atom stereocenters. The lowest BCUT2D eigenvalue weighted by molar-refractivity contribution is -0.137. The summed E-state index contributed by atoms with van der Waals surface area (Å²) in [7, 11) is 0. The maximum atomic E-state index is 11.1. The first kappa shape index (κ1) is 11.4. The molecule has 1 fully saturated rings. The third-order valence-corrected chi connectivity index (χ3v) is 3.38. The van der Waals surface area contributed by atoms with Crippen molar-refractivity contribution in [1.82, 2.24) is 0 Å². The summed E-state index contributed by atoms with van der Waals surface area (Å²) in [6.45, 7) is 3.98. The largest absolute Gasteiger partial charge is 0.463 e. The monoisotopic (exact) mass is 260 g/mol. The van der Waals surface area contributed by atoms with Crippen molar-refractivity contribution in [2.45, 2.75) is 24.6 Å². The zero-order valence-electron chi connectivity index (χ0n) is 8.25. The maximum Gasteiger partial charge on any atom is 0.330 e. The second kappa shape index (κ2) is 4.26. The molecule has 0 aromatic carbocycles. The minimum absolute atomic E-state index is 0.143. The van der Waals surface area contributed by atoms with Crippen molar-refractivity contribution in [1.29, 1.82) is 0 Å². The third-order valence-electron chi connectivity index (χ3n) is 2.31. The fourth-order valence-electron chi connectivity index (χ4n) is 1.39. The Kier molecular flexibility index (Phi) is 3.48. The van der Waals surface area contributed by atoms with Gasteiger partial charge in [-0.15, -0.1) is 0 Å². The smallest absolute Gasteiger partial charge is 0.330 e. The van der Waals surface area contributed by atoms with E-state index in [0.717, 1.165) is 18.3 Å². The molecular formula is C10H13BrO3. The lowest BCUT2D eigenvalue weighted by atomic mass is 10.1. The second-order valence-corrected chi connectivity index (χ2v) is 4.92. The van der Waals surface area contributed by atoms with Crippen LogP contribution in [0.3, 0.4) is 0 Å². The van der Waals surface area contributed by atoms with Gasteiger partial charge in [0.1, 0.15) is 6.29 Å². The molecule has 3 nitrogen and oxygen atoms in total. The van der Waals surface area contributed by atoms with Crippen LogP contribution >= 0.6 is 15.9 Å². The summed E-state index contributed by atoms with van der Waals surface area (Å²) in [5.74, 6) is -0.193. The summed E-state index contributed by atoms with van der Waals surface area (Å²) >= 11 is 3.32. The number of esters is 1. The molecule has 0 radical (unpaired) electrons. The van der Waals surface area contributed by atoms with Crippen LogP contribution in [-0.4, -0.2) is 23.2 Å². The van der Waals surface area contributed by atoms with Crippen LogP contribution in [0.4, 0.5) is 0 Å².